The van der Waals surface area contributed by atoms with Gasteiger partial charge in [-0.15, -0.1) is 0 Å². The van der Waals surface area contributed by atoms with Crippen LogP contribution in [0.2, 0.25) is 0 Å². The van der Waals surface area contributed by atoms with Gasteiger partial charge in [-0.3, -0.25) is 0 Å². The molecule has 2 N–H and O–H groups in total. The summed E-state index contributed by atoms with van der Waals surface area (Å²) in [5.74, 6) is 1.08. The molecule has 0 spiro atoms. The Morgan fingerprint density at radius 2 is 0.941 bits per heavy atom. The normalized spacial score (nSPS) is 43.5. The van der Waals surface area contributed by atoms with E-state index in [1.807, 2.05) is 0 Å². The van der Waals surface area contributed by atoms with Gasteiger partial charge in [0, 0.05) is 21.7 Å². The minimum absolute atomic E-state index is 0.124. The van der Waals surface area contributed by atoms with E-state index in [9.17, 15) is 10.2 Å². The highest BCUT2D eigenvalue weighted by atomic mass is 16.3. The van der Waals surface area contributed by atoms with Crippen LogP contribution in [0.25, 0.3) is 11.1 Å². The van der Waals surface area contributed by atoms with Crippen LogP contribution in [0, 0.1) is 33.5 Å². The third kappa shape index (κ3) is 2.31. The molecule has 0 saturated heterocycles. The first kappa shape index (κ1) is 22.8. The lowest BCUT2D eigenvalue weighted by Crippen LogP contribution is -2.52. The van der Waals surface area contributed by atoms with Crippen LogP contribution in [0.3, 0.4) is 0 Å². The average Bonchev–Trinajstić information content (AvgIpc) is 3.49. The van der Waals surface area contributed by atoms with Crippen molar-refractivity contribution in [3.63, 3.8) is 0 Å². The average molecular weight is 459 g/mol. The Hall–Kier alpha value is -1.64. The fourth-order valence-electron chi connectivity index (χ4n) is 9.93. The van der Waals surface area contributed by atoms with Crippen LogP contribution in [0.1, 0.15) is 91.2 Å². The molecule has 182 valence electrons. The van der Waals surface area contributed by atoms with Gasteiger partial charge >= 0.3 is 0 Å². The smallest absolute Gasteiger partial charge is 0.101 e. The van der Waals surface area contributed by atoms with E-state index in [0.29, 0.717) is 11.8 Å². The van der Waals surface area contributed by atoms with E-state index in [2.05, 4.69) is 90.1 Å². The summed E-state index contributed by atoms with van der Waals surface area (Å²) in [6, 6.07) is 17.1. The Labute approximate surface area is 205 Å². The topological polar surface area (TPSA) is 40.5 Å². The highest BCUT2D eigenvalue weighted by molar-refractivity contribution is 5.74. The number of fused-ring (bicyclic) bond motifs is 4. The zero-order chi connectivity index (χ0) is 24.4. The molecular weight excluding hydrogens is 416 g/mol. The third-order valence-corrected chi connectivity index (χ3v) is 12.1. The Morgan fingerprint density at radius 3 is 1.26 bits per heavy atom. The number of hydrogen-bond acceptors (Lipinski definition) is 2. The van der Waals surface area contributed by atoms with Gasteiger partial charge < -0.3 is 10.2 Å². The molecule has 0 unspecified atom stereocenters. The first-order chi connectivity index (χ1) is 15.8. The second kappa shape index (κ2) is 6.56. The SMILES string of the molecule is CC1(C)[C@H]2CC[C@](C)(C2)[C@]1(O)c1ccccc1-c1ccccc1[C@]1(O)C(C)(C)[C@H]2CC[C@]1(C)C2. The van der Waals surface area contributed by atoms with Gasteiger partial charge in [0.05, 0.1) is 0 Å². The molecule has 6 atom stereocenters. The maximum absolute atomic E-state index is 12.7. The summed E-state index contributed by atoms with van der Waals surface area (Å²) in [7, 11) is 0. The lowest BCUT2D eigenvalue weighted by atomic mass is 9.55. The molecule has 2 nitrogen and oxygen atoms in total. The Morgan fingerprint density at radius 1 is 0.588 bits per heavy atom. The van der Waals surface area contributed by atoms with E-state index in [1.54, 1.807) is 0 Å². The predicted molar refractivity (Wildman–Crippen MR) is 138 cm³/mol. The molecule has 0 amide bonds. The summed E-state index contributed by atoms with van der Waals surface area (Å²) in [6.07, 6.45) is 6.73. The van der Waals surface area contributed by atoms with E-state index < -0.39 is 11.2 Å². The second-order valence-electron chi connectivity index (χ2n) is 14.0. The van der Waals surface area contributed by atoms with Crippen molar-refractivity contribution in [2.75, 3.05) is 0 Å². The standard InChI is InChI=1S/C32H42O2/c1-27(2)21-15-17-29(5,19-21)31(27,33)25-13-9-7-11-23(25)24-12-8-10-14-26(24)32(34)28(3,4)22-16-18-30(32,6)20-22/h7-14,21-22,33-34H,15-20H2,1-6H3/t21-,22-,29+,30+,31-,32-/m0/s1. The van der Waals surface area contributed by atoms with Gasteiger partial charge in [-0.2, -0.15) is 0 Å². The Balaban J connectivity index is 1.59. The lowest BCUT2D eigenvalue weighted by Gasteiger charge is -2.53. The maximum Gasteiger partial charge on any atom is 0.101 e. The van der Waals surface area contributed by atoms with Gasteiger partial charge in [0.15, 0.2) is 0 Å². The monoisotopic (exact) mass is 458 g/mol. The molecule has 2 aromatic carbocycles. The van der Waals surface area contributed by atoms with Crippen LogP contribution in [-0.4, -0.2) is 10.2 Å². The molecule has 2 heteroatoms. The molecule has 0 aromatic heterocycles. The molecular formula is C32H42O2. The van der Waals surface area contributed by atoms with Crippen molar-refractivity contribution in [3.05, 3.63) is 59.7 Å². The van der Waals surface area contributed by atoms with Crippen molar-refractivity contribution in [1.29, 1.82) is 0 Å². The molecule has 0 radical (unpaired) electrons. The van der Waals surface area contributed by atoms with Gasteiger partial charge in [0.25, 0.3) is 0 Å². The molecule has 4 aliphatic carbocycles. The van der Waals surface area contributed by atoms with Crippen molar-refractivity contribution in [2.24, 2.45) is 33.5 Å². The van der Waals surface area contributed by atoms with Crippen LogP contribution in [-0.2, 0) is 11.2 Å². The summed E-state index contributed by atoms with van der Waals surface area (Å²) in [6.45, 7) is 13.7. The lowest BCUT2D eigenvalue weighted by molar-refractivity contribution is -0.151. The van der Waals surface area contributed by atoms with Crippen molar-refractivity contribution in [2.45, 2.75) is 91.3 Å². The number of aliphatic hydroxyl groups is 2. The van der Waals surface area contributed by atoms with E-state index >= 15 is 0 Å². The molecule has 0 heterocycles. The van der Waals surface area contributed by atoms with Crippen LogP contribution in [0.4, 0.5) is 0 Å². The Kier molecular flexibility index (Phi) is 4.40. The number of hydrogen-bond donors (Lipinski definition) is 2. The van der Waals surface area contributed by atoms with E-state index in [4.69, 9.17) is 0 Å². The molecule has 2 aromatic rings. The summed E-state index contributed by atoms with van der Waals surface area (Å²) in [5, 5.41) is 25.4. The minimum atomic E-state index is -0.899. The van der Waals surface area contributed by atoms with Crippen molar-refractivity contribution < 1.29 is 10.2 Å². The van der Waals surface area contributed by atoms with Crippen LogP contribution < -0.4 is 0 Å². The summed E-state index contributed by atoms with van der Waals surface area (Å²) in [5.41, 5.74) is 1.85. The zero-order valence-electron chi connectivity index (χ0n) is 21.9. The fraction of sp³-hybridized carbons (Fsp3) is 0.625. The highest BCUT2D eigenvalue weighted by Gasteiger charge is 2.71. The quantitative estimate of drug-likeness (QED) is 0.502. The first-order valence-electron chi connectivity index (χ1n) is 13.5. The fourth-order valence-corrected chi connectivity index (χ4v) is 9.93. The molecule has 4 saturated carbocycles. The number of benzene rings is 2. The van der Waals surface area contributed by atoms with E-state index in [-0.39, 0.29) is 21.7 Å². The van der Waals surface area contributed by atoms with Gasteiger partial charge in [-0.05, 0) is 72.6 Å². The minimum Gasteiger partial charge on any atom is -0.384 e. The second-order valence-corrected chi connectivity index (χ2v) is 14.0. The summed E-state index contributed by atoms with van der Waals surface area (Å²) >= 11 is 0. The van der Waals surface area contributed by atoms with Gasteiger partial charge in [-0.25, -0.2) is 0 Å². The highest BCUT2D eigenvalue weighted by Crippen LogP contribution is 2.74. The van der Waals surface area contributed by atoms with Gasteiger partial charge in [-0.1, -0.05) is 90.1 Å². The maximum atomic E-state index is 12.7. The van der Waals surface area contributed by atoms with Crippen molar-refractivity contribution >= 4 is 0 Å². The molecule has 4 aliphatic rings. The first-order valence-corrected chi connectivity index (χ1v) is 13.5. The van der Waals surface area contributed by atoms with Crippen LogP contribution >= 0.6 is 0 Å². The van der Waals surface area contributed by atoms with E-state index in [0.717, 1.165) is 47.9 Å². The van der Waals surface area contributed by atoms with E-state index in [1.165, 1.54) is 12.8 Å². The summed E-state index contributed by atoms with van der Waals surface area (Å²) in [4.78, 5) is 0. The zero-order valence-corrected chi connectivity index (χ0v) is 21.9. The molecule has 34 heavy (non-hydrogen) atoms. The van der Waals surface area contributed by atoms with Crippen molar-refractivity contribution in [1.82, 2.24) is 0 Å². The van der Waals surface area contributed by atoms with Gasteiger partial charge in [0.1, 0.15) is 11.2 Å². The van der Waals surface area contributed by atoms with Crippen LogP contribution in [0.5, 0.6) is 0 Å². The molecule has 4 bridgehead atoms. The molecule has 4 fully saturated rings. The Bertz CT molecular complexity index is 1060. The van der Waals surface area contributed by atoms with Gasteiger partial charge in [0.2, 0.25) is 0 Å². The van der Waals surface area contributed by atoms with Crippen molar-refractivity contribution in [3.8, 4) is 11.1 Å². The number of rotatable bonds is 3. The largest absolute Gasteiger partial charge is 0.384 e. The molecule has 6 rings (SSSR count). The predicted octanol–water partition coefficient (Wildman–Crippen LogP) is 7.42. The summed E-state index contributed by atoms with van der Waals surface area (Å²) < 4.78 is 0. The van der Waals surface area contributed by atoms with Crippen LogP contribution in [0.15, 0.2) is 48.5 Å². The molecule has 0 aliphatic heterocycles. The third-order valence-electron chi connectivity index (χ3n) is 12.1.